The van der Waals surface area contributed by atoms with Gasteiger partial charge in [0.15, 0.2) is 0 Å². The van der Waals surface area contributed by atoms with Crippen molar-refractivity contribution in [1.82, 2.24) is 0 Å². The average Bonchev–Trinajstić information content (AvgIpc) is 2.26. The van der Waals surface area contributed by atoms with E-state index in [9.17, 15) is 0 Å². The zero-order valence-corrected chi connectivity index (χ0v) is 9.83. The Kier molecular flexibility index (Phi) is 3.97. The lowest BCUT2D eigenvalue weighted by Crippen LogP contribution is -2.08. The molecule has 0 aliphatic rings. The normalized spacial score (nSPS) is 12.3. The van der Waals surface area contributed by atoms with Crippen molar-refractivity contribution in [3.8, 4) is 11.5 Å². The minimum absolute atomic E-state index is 0.0313. The molecular formula is C12H19NO2. The van der Waals surface area contributed by atoms with Crippen molar-refractivity contribution in [2.45, 2.75) is 26.3 Å². The van der Waals surface area contributed by atoms with Gasteiger partial charge in [-0.05, 0) is 25.0 Å². The standard InChI is InChI=1S/C12H19NO2/c1-5-9-6-10(8(2)13)12(15-4)7-11(9)14-3/h6-8H,5,13H2,1-4H3. The molecule has 0 spiro atoms. The second-order valence-corrected chi connectivity index (χ2v) is 3.55. The van der Waals surface area contributed by atoms with Crippen molar-refractivity contribution in [2.24, 2.45) is 5.73 Å². The quantitative estimate of drug-likeness (QED) is 0.827. The Bertz CT molecular complexity index is 335. The molecule has 0 heterocycles. The predicted octanol–water partition coefficient (Wildman–Crippen LogP) is 2.29. The van der Waals surface area contributed by atoms with Gasteiger partial charge in [0.25, 0.3) is 0 Å². The summed E-state index contributed by atoms with van der Waals surface area (Å²) in [6.45, 7) is 4.04. The largest absolute Gasteiger partial charge is 0.496 e. The Morgan fingerprint density at radius 2 is 1.80 bits per heavy atom. The van der Waals surface area contributed by atoms with E-state index in [2.05, 4.69) is 13.0 Å². The van der Waals surface area contributed by atoms with E-state index in [1.165, 1.54) is 0 Å². The zero-order valence-electron chi connectivity index (χ0n) is 9.83. The Balaban J connectivity index is 3.27. The molecule has 0 amide bonds. The van der Waals surface area contributed by atoms with Gasteiger partial charge < -0.3 is 15.2 Å². The third-order valence-electron chi connectivity index (χ3n) is 2.50. The van der Waals surface area contributed by atoms with E-state index in [0.29, 0.717) is 0 Å². The van der Waals surface area contributed by atoms with Crippen molar-refractivity contribution in [2.75, 3.05) is 14.2 Å². The molecule has 2 N–H and O–H groups in total. The Hall–Kier alpha value is -1.22. The number of aryl methyl sites for hydroxylation is 1. The summed E-state index contributed by atoms with van der Waals surface area (Å²) in [4.78, 5) is 0. The van der Waals surface area contributed by atoms with Crippen LogP contribution in [0, 0.1) is 0 Å². The predicted molar refractivity (Wildman–Crippen MR) is 61.5 cm³/mol. The molecule has 0 bridgehead atoms. The minimum Gasteiger partial charge on any atom is -0.496 e. The van der Waals surface area contributed by atoms with E-state index in [0.717, 1.165) is 29.0 Å². The third-order valence-corrected chi connectivity index (χ3v) is 2.50. The Labute approximate surface area is 91.2 Å². The topological polar surface area (TPSA) is 44.5 Å². The van der Waals surface area contributed by atoms with E-state index in [4.69, 9.17) is 15.2 Å². The fourth-order valence-corrected chi connectivity index (χ4v) is 1.62. The summed E-state index contributed by atoms with van der Waals surface area (Å²) >= 11 is 0. The highest BCUT2D eigenvalue weighted by atomic mass is 16.5. The maximum atomic E-state index is 5.88. The van der Waals surface area contributed by atoms with Gasteiger partial charge in [-0.1, -0.05) is 6.92 Å². The van der Waals surface area contributed by atoms with Crippen molar-refractivity contribution >= 4 is 0 Å². The van der Waals surface area contributed by atoms with Gasteiger partial charge in [0.05, 0.1) is 14.2 Å². The van der Waals surface area contributed by atoms with Crippen LogP contribution in [0.3, 0.4) is 0 Å². The number of methoxy groups -OCH3 is 2. The number of benzene rings is 1. The SMILES string of the molecule is CCc1cc(C(C)N)c(OC)cc1OC. The highest BCUT2D eigenvalue weighted by molar-refractivity contribution is 5.47. The molecule has 84 valence electrons. The van der Waals surface area contributed by atoms with Crippen LogP contribution in [0.2, 0.25) is 0 Å². The van der Waals surface area contributed by atoms with Gasteiger partial charge in [0.2, 0.25) is 0 Å². The minimum atomic E-state index is -0.0313. The van der Waals surface area contributed by atoms with Gasteiger partial charge >= 0.3 is 0 Å². The molecule has 0 aliphatic heterocycles. The van der Waals surface area contributed by atoms with Crippen LogP contribution in [-0.2, 0) is 6.42 Å². The molecule has 0 saturated carbocycles. The molecule has 3 nitrogen and oxygen atoms in total. The number of hydrogen-bond donors (Lipinski definition) is 1. The molecule has 1 atom stereocenters. The molecule has 1 rings (SSSR count). The molecule has 0 radical (unpaired) electrons. The smallest absolute Gasteiger partial charge is 0.127 e. The molecule has 1 aromatic carbocycles. The molecule has 15 heavy (non-hydrogen) atoms. The van der Waals surface area contributed by atoms with Crippen LogP contribution >= 0.6 is 0 Å². The molecule has 1 unspecified atom stereocenters. The van der Waals surface area contributed by atoms with E-state index < -0.39 is 0 Å². The summed E-state index contributed by atoms with van der Waals surface area (Å²) in [6, 6.07) is 3.93. The maximum Gasteiger partial charge on any atom is 0.127 e. The fraction of sp³-hybridized carbons (Fsp3) is 0.500. The lowest BCUT2D eigenvalue weighted by Gasteiger charge is -2.16. The van der Waals surface area contributed by atoms with Gasteiger partial charge in [0, 0.05) is 17.7 Å². The van der Waals surface area contributed by atoms with Crippen LogP contribution in [0.4, 0.5) is 0 Å². The van der Waals surface area contributed by atoms with Crippen LogP contribution in [0.5, 0.6) is 11.5 Å². The van der Waals surface area contributed by atoms with E-state index in [1.807, 2.05) is 13.0 Å². The number of hydrogen-bond acceptors (Lipinski definition) is 3. The lowest BCUT2D eigenvalue weighted by atomic mass is 10.0. The van der Waals surface area contributed by atoms with Crippen molar-refractivity contribution in [3.05, 3.63) is 23.3 Å². The van der Waals surface area contributed by atoms with Crippen molar-refractivity contribution < 1.29 is 9.47 Å². The van der Waals surface area contributed by atoms with Gasteiger partial charge in [-0.15, -0.1) is 0 Å². The molecule has 3 heteroatoms. The fourth-order valence-electron chi connectivity index (χ4n) is 1.62. The first kappa shape index (κ1) is 11.9. The first-order valence-electron chi connectivity index (χ1n) is 5.14. The van der Waals surface area contributed by atoms with E-state index in [1.54, 1.807) is 14.2 Å². The second-order valence-electron chi connectivity index (χ2n) is 3.55. The zero-order chi connectivity index (χ0) is 11.4. The highest BCUT2D eigenvalue weighted by Crippen LogP contribution is 2.32. The second kappa shape index (κ2) is 5.03. The molecule has 0 aliphatic carbocycles. The average molecular weight is 209 g/mol. The maximum absolute atomic E-state index is 5.88. The van der Waals surface area contributed by atoms with Crippen molar-refractivity contribution in [3.63, 3.8) is 0 Å². The van der Waals surface area contributed by atoms with Crippen molar-refractivity contribution in [1.29, 1.82) is 0 Å². The molecule has 0 fully saturated rings. The molecule has 0 aromatic heterocycles. The van der Waals surface area contributed by atoms with Crippen LogP contribution in [0.25, 0.3) is 0 Å². The van der Waals surface area contributed by atoms with Crippen LogP contribution in [0.1, 0.15) is 31.0 Å². The Morgan fingerprint density at radius 1 is 1.20 bits per heavy atom. The van der Waals surface area contributed by atoms with Crippen LogP contribution < -0.4 is 15.2 Å². The summed E-state index contributed by atoms with van der Waals surface area (Å²) in [7, 11) is 3.31. The molecule has 0 saturated heterocycles. The van der Waals surface area contributed by atoms with E-state index in [-0.39, 0.29) is 6.04 Å². The Morgan fingerprint density at radius 3 is 2.20 bits per heavy atom. The number of rotatable bonds is 4. The molecule has 1 aromatic rings. The van der Waals surface area contributed by atoms with Crippen LogP contribution in [-0.4, -0.2) is 14.2 Å². The summed E-state index contributed by atoms with van der Waals surface area (Å²) in [5.41, 5.74) is 8.07. The van der Waals surface area contributed by atoms with Crippen LogP contribution in [0.15, 0.2) is 12.1 Å². The van der Waals surface area contributed by atoms with Gasteiger partial charge in [-0.2, -0.15) is 0 Å². The lowest BCUT2D eigenvalue weighted by molar-refractivity contribution is 0.386. The molecular weight excluding hydrogens is 190 g/mol. The summed E-state index contributed by atoms with van der Waals surface area (Å²) in [5, 5.41) is 0. The summed E-state index contributed by atoms with van der Waals surface area (Å²) < 4.78 is 10.6. The van der Waals surface area contributed by atoms with Gasteiger partial charge in [0.1, 0.15) is 11.5 Å². The third kappa shape index (κ3) is 2.42. The van der Waals surface area contributed by atoms with Gasteiger partial charge in [-0.25, -0.2) is 0 Å². The number of ether oxygens (including phenoxy) is 2. The highest BCUT2D eigenvalue weighted by Gasteiger charge is 2.12. The number of nitrogens with two attached hydrogens (primary N) is 1. The van der Waals surface area contributed by atoms with Gasteiger partial charge in [-0.3, -0.25) is 0 Å². The summed E-state index contributed by atoms with van der Waals surface area (Å²) in [6.07, 6.45) is 0.923. The monoisotopic (exact) mass is 209 g/mol. The first-order valence-corrected chi connectivity index (χ1v) is 5.14. The van der Waals surface area contributed by atoms with E-state index >= 15 is 0 Å². The first-order chi connectivity index (χ1) is 7.13. The summed E-state index contributed by atoms with van der Waals surface area (Å²) in [5.74, 6) is 1.65.